The van der Waals surface area contributed by atoms with Gasteiger partial charge in [-0.2, -0.15) is 33.2 Å². The van der Waals surface area contributed by atoms with Crippen molar-refractivity contribution in [1.82, 2.24) is 0 Å². The lowest BCUT2D eigenvalue weighted by Gasteiger charge is -1.39. The van der Waals surface area contributed by atoms with E-state index in [4.69, 9.17) is 33.2 Å². The van der Waals surface area contributed by atoms with E-state index in [1.807, 2.05) is 0 Å². The van der Waals surface area contributed by atoms with Gasteiger partial charge in [-0.3, -0.25) is 0 Å². The fraction of sp³-hybridized carbons (Fsp3) is 0. The Morgan fingerprint density at radius 1 is 1.20 bits per heavy atom. The topological polar surface area (TPSA) is 0 Å². The Morgan fingerprint density at radius 2 is 1.20 bits per heavy atom. The highest BCUT2D eigenvalue weighted by Gasteiger charge is 1.46. The Kier molecular flexibility index (Phi) is 35.4. The minimum Gasteiger partial charge on any atom is -0.181 e. The zero-order valence-corrected chi connectivity index (χ0v) is 8.52. The zero-order chi connectivity index (χ0) is 4.71. The second-order valence-corrected chi connectivity index (χ2v) is 2.73. The number of hydrogen-bond acceptors (Lipinski definition) is 0. The molecule has 5 heavy (non-hydrogen) atoms. The molecule has 0 aromatic carbocycles. The average molecular weight is 168 g/mol. The molecule has 0 spiro atoms. The van der Waals surface area contributed by atoms with E-state index < -0.39 is 8.14 Å². The lowest BCUT2D eigenvalue weighted by Crippen LogP contribution is -1.36. The molecule has 0 atom stereocenters. The standard InChI is InChI=1S/Cl2H2Si.ClH3Si/c1-3-2;1-2/h3H2;2H3. The summed E-state index contributed by atoms with van der Waals surface area (Å²) in [7, 11) is 0.139. The molecule has 0 aromatic rings. The molecular formula is H5Cl3Si2. The van der Waals surface area contributed by atoms with E-state index >= 15 is 0 Å². The average Bonchev–Trinajstić information content (AvgIpc) is 1.46. The van der Waals surface area contributed by atoms with Gasteiger partial charge in [0.15, 0.2) is 0 Å². The van der Waals surface area contributed by atoms with E-state index in [1.165, 1.54) is 0 Å². The van der Waals surface area contributed by atoms with Gasteiger partial charge in [0.25, 0.3) is 0 Å². The minimum absolute atomic E-state index is 0.639. The van der Waals surface area contributed by atoms with Crippen LogP contribution in [0.25, 0.3) is 0 Å². The molecular weight excluding hydrogens is 163 g/mol. The summed E-state index contributed by atoms with van der Waals surface area (Å²) in [5.74, 6) is 0. The normalized spacial score (nSPS) is 5.40. The van der Waals surface area contributed by atoms with Crippen LogP contribution in [-0.2, 0) is 0 Å². The molecule has 0 N–H and O–H groups in total. The lowest BCUT2D eigenvalue weighted by molar-refractivity contribution is 4.39. The highest BCUT2D eigenvalue weighted by molar-refractivity contribution is 7.22. The molecule has 0 nitrogen and oxygen atoms in total. The monoisotopic (exact) mass is 166 g/mol. The van der Waals surface area contributed by atoms with Crippen LogP contribution in [0, 0.1) is 0 Å². The Hall–Kier alpha value is 1.30. The highest BCUT2D eigenvalue weighted by atomic mass is 35.7. The van der Waals surface area contributed by atoms with E-state index in [2.05, 4.69) is 0 Å². The maximum Gasteiger partial charge on any atom is 0.222 e. The number of rotatable bonds is 0. The predicted molar refractivity (Wildman–Crippen MR) is 36.0 cm³/mol. The maximum atomic E-state index is 4.90. The van der Waals surface area contributed by atoms with Gasteiger partial charge in [-0.1, -0.05) is 0 Å². The molecule has 0 amide bonds. The zero-order valence-electron chi connectivity index (χ0n) is 2.84. The molecule has 0 aromatic heterocycles. The van der Waals surface area contributed by atoms with Crippen LogP contribution in [0.2, 0.25) is 0 Å². The molecule has 0 saturated carbocycles. The van der Waals surface area contributed by atoms with Crippen molar-refractivity contribution in [1.29, 1.82) is 0 Å². The number of hydrogen-bond donors (Lipinski definition) is 0. The molecule has 0 fully saturated rings. The predicted octanol–water partition coefficient (Wildman–Crippen LogP) is -0.0316. The molecule has 0 aliphatic carbocycles. The van der Waals surface area contributed by atoms with E-state index in [1.54, 1.807) is 0 Å². The number of halogens is 3. The molecule has 34 valence electrons. The van der Waals surface area contributed by atoms with E-state index in [-0.39, 0.29) is 0 Å². The third-order valence-electron chi connectivity index (χ3n) is 0. The Labute approximate surface area is 51.2 Å². The van der Waals surface area contributed by atoms with Crippen molar-refractivity contribution in [3.8, 4) is 0 Å². The summed E-state index contributed by atoms with van der Waals surface area (Å²) in [4.78, 5) is 0. The molecule has 0 radical (unpaired) electrons. The van der Waals surface area contributed by atoms with Gasteiger partial charge in [-0.05, 0) is 0 Å². The molecule has 0 aliphatic rings. The first-order valence-corrected chi connectivity index (χ1v) is 8.21. The summed E-state index contributed by atoms with van der Waals surface area (Å²) in [6.07, 6.45) is 0. The minimum atomic E-state index is -0.639. The van der Waals surface area contributed by atoms with E-state index in [9.17, 15) is 0 Å². The fourth-order valence-corrected chi connectivity index (χ4v) is 0. The SMILES string of the molecule is Cl[SiH2]Cl.[SiH3]Cl. The summed E-state index contributed by atoms with van der Waals surface area (Å²) in [5.41, 5.74) is 0. The van der Waals surface area contributed by atoms with Gasteiger partial charge >= 0.3 is 0 Å². The van der Waals surface area contributed by atoms with Gasteiger partial charge in [0.2, 0.25) is 8.14 Å². The fourth-order valence-electron chi connectivity index (χ4n) is 0. The van der Waals surface area contributed by atoms with Crippen molar-refractivity contribution in [2.24, 2.45) is 0 Å². The Morgan fingerprint density at radius 3 is 1.20 bits per heavy atom. The third kappa shape index (κ3) is 34.1. The van der Waals surface area contributed by atoms with Crippen LogP contribution in [0.3, 0.4) is 0 Å². The lowest BCUT2D eigenvalue weighted by atomic mass is 27.8. The van der Waals surface area contributed by atoms with Crippen molar-refractivity contribution in [3.05, 3.63) is 0 Å². The van der Waals surface area contributed by atoms with Crippen LogP contribution in [-0.4, -0.2) is 17.7 Å². The van der Waals surface area contributed by atoms with Gasteiger partial charge < -0.3 is 0 Å². The van der Waals surface area contributed by atoms with Crippen molar-refractivity contribution >= 4 is 50.9 Å². The van der Waals surface area contributed by atoms with Crippen LogP contribution in [0.4, 0.5) is 0 Å². The maximum absolute atomic E-state index is 4.90. The Bertz CT molecular complexity index is 4.85. The van der Waals surface area contributed by atoms with Gasteiger partial charge in [-0.15, -0.1) is 0 Å². The molecule has 0 bridgehead atoms. The summed E-state index contributed by atoms with van der Waals surface area (Å²) < 4.78 is 0. The largest absolute Gasteiger partial charge is 0.222 e. The molecule has 0 aliphatic heterocycles. The molecule has 0 unspecified atom stereocenters. The molecule has 0 saturated heterocycles. The molecule has 5 heteroatoms. The first-order valence-electron chi connectivity index (χ1n) is 0.912. The smallest absolute Gasteiger partial charge is 0.181 e. The van der Waals surface area contributed by atoms with Gasteiger partial charge in [0.05, 0.1) is 0 Å². The second-order valence-electron chi connectivity index (χ2n) is 0.101. The second kappa shape index (κ2) is 18.5. The molecule has 0 heterocycles. The summed E-state index contributed by atoms with van der Waals surface area (Å²) >= 11 is 14.6. The van der Waals surface area contributed by atoms with Crippen LogP contribution in [0.5, 0.6) is 0 Å². The van der Waals surface area contributed by atoms with Crippen molar-refractivity contribution < 1.29 is 0 Å². The van der Waals surface area contributed by atoms with Gasteiger partial charge in [0.1, 0.15) is 9.55 Å². The van der Waals surface area contributed by atoms with Gasteiger partial charge in [-0.25, -0.2) is 0 Å². The van der Waals surface area contributed by atoms with Crippen molar-refractivity contribution in [2.75, 3.05) is 0 Å². The highest BCUT2D eigenvalue weighted by Crippen LogP contribution is 1.67. The Balaban J connectivity index is 0. The quantitative estimate of drug-likeness (QED) is 0.351. The van der Waals surface area contributed by atoms with Crippen LogP contribution in [0.1, 0.15) is 0 Å². The van der Waals surface area contributed by atoms with Crippen molar-refractivity contribution in [2.45, 2.75) is 0 Å². The van der Waals surface area contributed by atoms with E-state index in [0.29, 0.717) is 0 Å². The van der Waals surface area contributed by atoms with Gasteiger partial charge in [0, 0.05) is 0 Å². The first kappa shape index (κ1) is 9.57. The summed E-state index contributed by atoms with van der Waals surface area (Å²) in [6, 6.07) is 0. The summed E-state index contributed by atoms with van der Waals surface area (Å²) in [5, 5.41) is 0. The van der Waals surface area contributed by atoms with Crippen LogP contribution in [0.15, 0.2) is 0 Å². The first-order chi connectivity index (χ1) is 2.41. The third-order valence-corrected chi connectivity index (χ3v) is 0. The van der Waals surface area contributed by atoms with Crippen molar-refractivity contribution in [3.63, 3.8) is 0 Å². The van der Waals surface area contributed by atoms with E-state index in [0.717, 1.165) is 9.55 Å². The molecule has 0 rings (SSSR count). The van der Waals surface area contributed by atoms with Crippen LogP contribution >= 0.6 is 33.2 Å². The van der Waals surface area contributed by atoms with Crippen LogP contribution < -0.4 is 0 Å². The summed E-state index contributed by atoms with van der Waals surface area (Å²) in [6.45, 7) is 0.